The van der Waals surface area contributed by atoms with E-state index in [0.29, 0.717) is 5.92 Å². The molecular formula is C13H23NO3. The zero-order chi connectivity index (χ0) is 13.5. The van der Waals surface area contributed by atoms with Crippen molar-refractivity contribution in [3.05, 3.63) is 0 Å². The lowest BCUT2D eigenvalue weighted by Gasteiger charge is -2.22. The van der Waals surface area contributed by atoms with E-state index < -0.39 is 11.7 Å². The molecule has 0 rings (SSSR count). The van der Waals surface area contributed by atoms with E-state index in [1.165, 1.54) is 0 Å². The summed E-state index contributed by atoms with van der Waals surface area (Å²) in [6.07, 6.45) is 0.252. The highest BCUT2D eigenvalue weighted by atomic mass is 16.6. The van der Waals surface area contributed by atoms with Crippen LogP contribution in [0, 0.1) is 17.8 Å². The SMILES string of the molecule is CC(C)C[C@@H](C#CCO)NC(=O)OC(C)(C)C. The van der Waals surface area contributed by atoms with E-state index in [4.69, 9.17) is 9.84 Å². The summed E-state index contributed by atoms with van der Waals surface area (Å²) >= 11 is 0. The van der Waals surface area contributed by atoms with Crippen molar-refractivity contribution in [2.75, 3.05) is 6.61 Å². The Hall–Kier alpha value is -1.21. The maximum Gasteiger partial charge on any atom is 0.408 e. The number of hydrogen-bond donors (Lipinski definition) is 2. The summed E-state index contributed by atoms with van der Waals surface area (Å²) in [6, 6.07) is -0.281. The first-order valence-electron chi connectivity index (χ1n) is 5.83. The fourth-order valence-electron chi connectivity index (χ4n) is 1.24. The molecule has 4 nitrogen and oxygen atoms in total. The van der Waals surface area contributed by atoms with Crippen LogP contribution in [-0.4, -0.2) is 29.4 Å². The molecule has 0 unspecified atom stereocenters. The van der Waals surface area contributed by atoms with Gasteiger partial charge < -0.3 is 15.2 Å². The largest absolute Gasteiger partial charge is 0.444 e. The van der Waals surface area contributed by atoms with Gasteiger partial charge in [0.05, 0.1) is 6.04 Å². The maximum absolute atomic E-state index is 11.6. The van der Waals surface area contributed by atoms with Crippen molar-refractivity contribution in [1.82, 2.24) is 5.32 Å². The molecule has 0 aliphatic carbocycles. The van der Waals surface area contributed by atoms with Crippen molar-refractivity contribution < 1.29 is 14.6 Å². The molecule has 98 valence electrons. The Morgan fingerprint density at radius 3 is 2.41 bits per heavy atom. The number of rotatable bonds is 3. The number of nitrogens with one attached hydrogen (secondary N) is 1. The van der Waals surface area contributed by atoms with Crippen molar-refractivity contribution in [3.8, 4) is 11.8 Å². The average Bonchev–Trinajstić information content (AvgIpc) is 2.09. The van der Waals surface area contributed by atoms with Gasteiger partial charge in [-0.3, -0.25) is 0 Å². The second-order valence-corrected chi connectivity index (χ2v) is 5.31. The lowest BCUT2D eigenvalue weighted by atomic mass is 10.0. The van der Waals surface area contributed by atoms with Gasteiger partial charge in [0.15, 0.2) is 0 Å². The molecule has 0 heterocycles. The first-order chi connectivity index (χ1) is 7.74. The van der Waals surface area contributed by atoms with Crippen LogP contribution in [0.3, 0.4) is 0 Å². The van der Waals surface area contributed by atoms with E-state index in [-0.39, 0.29) is 12.6 Å². The van der Waals surface area contributed by atoms with E-state index in [0.717, 1.165) is 6.42 Å². The quantitative estimate of drug-likeness (QED) is 0.742. The molecule has 17 heavy (non-hydrogen) atoms. The Morgan fingerprint density at radius 2 is 2.00 bits per heavy atom. The fraction of sp³-hybridized carbons (Fsp3) is 0.769. The highest BCUT2D eigenvalue weighted by molar-refractivity contribution is 5.68. The maximum atomic E-state index is 11.6. The van der Waals surface area contributed by atoms with Gasteiger partial charge in [-0.25, -0.2) is 4.79 Å². The molecule has 0 aromatic heterocycles. The van der Waals surface area contributed by atoms with E-state index in [9.17, 15) is 4.79 Å². The van der Waals surface area contributed by atoms with Crippen LogP contribution in [-0.2, 0) is 4.74 Å². The molecule has 0 aliphatic rings. The summed E-state index contributed by atoms with van der Waals surface area (Å²) < 4.78 is 5.15. The fourth-order valence-corrected chi connectivity index (χ4v) is 1.24. The first kappa shape index (κ1) is 15.8. The third kappa shape index (κ3) is 9.70. The summed E-state index contributed by atoms with van der Waals surface area (Å²) in [6.45, 7) is 9.32. The minimum absolute atomic E-state index is 0.204. The van der Waals surface area contributed by atoms with Gasteiger partial charge >= 0.3 is 6.09 Å². The molecule has 0 saturated carbocycles. The molecule has 1 amide bonds. The molecule has 0 saturated heterocycles. The summed E-state index contributed by atoms with van der Waals surface area (Å²) in [5.41, 5.74) is -0.517. The Labute approximate surface area is 104 Å². The third-order valence-corrected chi connectivity index (χ3v) is 1.75. The predicted molar refractivity (Wildman–Crippen MR) is 67.5 cm³/mol. The number of aliphatic hydroxyl groups excluding tert-OH is 1. The van der Waals surface area contributed by atoms with Crippen molar-refractivity contribution in [2.45, 2.75) is 52.7 Å². The molecule has 0 aliphatic heterocycles. The van der Waals surface area contributed by atoms with Gasteiger partial charge in [0.25, 0.3) is 0 Å². The second kappa shape index (κ2) is 7.18. The van der Waals surface area contributed by atoms with Gasteiger partial charge in [-0.2, -0.15) is 0 Å². The van der Waals surface area contributed by atoms with Crippen molar-refractivity contribution in [3.63, 3.8) is 0 Å². The molecule has 0 radical (unpaired) electrons. The number of ether oxygens (including phenoxy) is 1. The van der Waals surface area contributed by atoms with E-state index >= 15 is 0 Å². The van der Waals surface area contributed by atoms with E-state index in [2.05, 4.69) is 17.2 Å². The lowest BCUT2D eigenvalue weighted by molar-refractivity contribution is 0.0512. The van der Waals surface area contributed by atoms with Gasteiger partial charge in [-0.1, -0.05) is 25.7 Å². The lowest BCUT2D eigenvalue weighted by Crippen LogP contribution is -2.39. The smallest absolute Gasteiger partial charge is 0.408 e. The Bertz CT molecular complexity index is 294. The van der Waals surface area contributed by atoms with Gasteiger partial charge in [0.2, 0.25) is 0 Å². The standard InChI is InChI=1S/C13H23NO3/c1-10(2)9-11(7-6-8-15)14-12(16)17-13(3,4)5/h10-11,15H,8-9H2,1-5H3,(H,14,16)/t11-/m1/s1. The van der Waals surface area contributed by atoms with Crippen molar-refractivity contribution in [2.24, 2.45) is 5.92 Å². The first-order valence-corrected chi connectivity index (χ1v) is 5.83. The Balaban J connectivity index is 4.37. The highest BCUT2D eigenvalue weighted by Gasteiger charge is 2.18. The molecule has 0 aromatic rings. The summed E-state index contributed by atoms with van der Waals surface area (Å²) in [5.74, 6) is 5.77. The van der Waals surface area contributed by atoms with Crippen LogP contribution in [0.1, 0.15) is 41.0 Å². The number of carbonyl (C=O) groups excluding carboxylic acids is 1. The molecule has 1 atom stereocenters. The monoisotopic (exact) mass is 241 g/mol. The molecule has 4 heteroatoms. The Morgan fingerprint density at radius 1 is 1.41 bits per heavy atom. The van der Waals surface area contributed by atoms with Crippen molar-refractivity contribution in [1.29, 1.82) is 0 Å². The van der Waals surface area contributed by atoms with Crippen molar-refractivity contribution >= 4 is 6.09 Å². The normalized spacial score (nSPS) is 12.6. The molecule has 2 N–H and O–H groups in total. The van der Waals surface area contributed by atoms with E-state index in [1.54, 1.807) is 0 Å². The molecule has 0 bridgehead atoms. The number of carbonyl (C=O) groups is 1. The van der Waals surface area contributed by atoms with Gasteiger partial charge in [0, 0.05) is 0 Å². The topological polar surface area (TPSA) is 58.6 Å². The number of amides is 1. The van der Waals surface area contributed by atoms with E-state index in [1.807, 2.05) is 34.6 Å². The molecule has 0 aromatic carbocycles. The van der Waals surface area contributed by atoms with Crippen LogP contribution in [0.5, 0.6) is 0 Å². The van der Waals surface area contributed by atoms with Gasteiger partial charge in [0.1, 0.15) is 12.2 Å². The summed E-state index contributed by atoms with van der Waals surface area (Å²) in [5, 5.41) is 11.3. The summed E-state index contributed by atoms with van der Waals surface area (Å²) in [4.78, 5) is 11.6. The van der Waals surface area contributed by atoms with Gasteiger partial charge in [-0.15, -0.1) is 0 Å². The highest BCUT2D eigenvalue weighted by Crippen LogP contribution is 2.08. The van der Waals surface area contributed by atoms with Crippen LogP contribution < -0.4 is 5.32 Å². The average molecular weight is 241 g/mol. The van der Waals surface area contributed by atoms with Crippen LogP contribution >= 0.6 is 0 Å². The van der Waals surface area contributed by atoms with Crippen LogP contribution in [0.15, 0.2) is 0 Å². The van der Waals surface area contributed by atoms with Crippen LogP contribution in [0.25, 0.3) is 0 Å². The molecular weight excluding hydrogens is 218 g/mol. The minimum atomic E-state index is -0.517. The molecule has 0 fully saturated rings. The number of alkyl carbamates (subject to hydrolysis) is 1. The second-order valence-electron chi connectivity index (χ2n) is 5.31. The third-order valence-electron chi connectivity index (χ3n) is 1.75. The zero-order valence-corrected chi connectivity index (χ0v) is 11.3. The Kier molecular flexibility index (Phi) is 6.67. The minimum Gasteiger partial charge on any atom is -0.444 e. The van der Waals surface area contributed by atoms with Gasteiger partial charge in [-0.05, 0) is 33.1 Å². The number of aliphatic hydroxyl groups is 1. The van der Waals surface area contributed by atoms with Crippen LogP contribution in [0.4, 0.5) is 4.79 Å². The zero-order valence-electron chi connectivity index (χ0n) is 11.3. The molecule has 0 spiro atoms. The predicted octanol–water partition coefficient (Wildman–Crippen LogP) is 1.92. The van der Waals surface area contributed by atoms with Crippen LogP contribution in [0.2, 0.25) is 0 Å². The number of hydrogen-bond acceptors (Lipinski definition) is 3. The summed E-state index contributed by atoms with van der Waals surface area (Å²) in [7, 11) is 0.